The molecule has 0 radical (unpaired) electrons. The predicted octanol–water partition coefficient (Wildman–Crippen LogP) is 2.73. The van der Waals surface area contributed by atoms with Gasteiger partial charge in [0.2, 0.25) is 0 Å². The van der Waals surface area contributed by atoms with Crippen LogP contribution in [0, 0.1) is 5.92 Å². The first-order valence-corrected chi connectivity index (χ1v) is 5.12. The van der Waals surface area contributed by atoms with Crippen LogP contribution in [0.15, 0.2) is 23.0 Å². The Labute approximate surface area is 79.3 Å². The molecular weight excluding hydrogens is 162 g/mol. The van der Waals surface area contributed by atoms with Gasteiger partial charge in [0.25, 0.3) is 0 Å². The van der Waals surface area contributed by atoms with Crippen molar-refractivity contribution in [2.24, 2.45) is 5.92 Å². The summed E-state index contributed by atoms with van der Waals surface area (Å²) >= 11 is 0. The van der Waals surface area contributed by atoms with Crippen LogP contribution in [-0.2, 0) is 0 Å². The normalized spacial score (nSPS) is 18.8. The minimum absolute atomic E-state index is 0.428. The predicted molar refractivity (Wildman–Crippen MR) is 52.5 cm³/mol. The molecule has 0 amide bonds. The van der Waals surface area contributed by atoms with Crippen LogP contribution in [0.1, 0.15) is 37.8 Å². The van der Waals surface area contributed by atoms with Gasteiger partial charge in [0.15, 0.2) is 0 Å². The second-order valence-corrected chi connectivity index (χ2v) is 3.96. The average Bonchev–Trinajstić information content (AvgIpc) is 2.80. The van der Waals surface area contributed by atoms with Crippen LogP contribution < -0.4 is 5.32 Å². The zero-order chi connectivity index (χ0) is 9.10. The van der Waals surface area contributed by atoms with Crippen molar-refractivity contribution in [3.05, 3.63) is 24.2 Å². The molecule has 2 nitrogen and oxygen atoms in total. The Kier molecular flexibility index (Phi) is 2.69. The Morgan fingerprint density at radius 3 is 3.08 bits per heavy atom. The van der Waals surface area contributed by atoms with E-state index in [2.05, 4.69) is 12.2 Å². The van der Waals surface area contributed by atoms with Crippen molar-refractivity contribution in [2.45, 2.75) is 32.2 Å². The fraction of sp³-hybridized carbons (Fsp3) is 0.636. The molecule has 13 heavy (non-hydrogen) atoms. The monoisotopic (exact) mass is 179 g/mol. The van der Waals surface area contributed by atoms with Crippen LogP contribution in [0.3, 0.4) is 0 Å². The largest absolute Gasteiger partial charge is 0.472 e. The Hall–Kier alpha value is -0.760. The van der Waals surface area contributed by atoms with E-state index in [4.69, 9.17) is 4.42 Å². The molecule has 1 unspecified atom stereocenters. The summed E-state index contributed by atoms with van der Waals surface area (Å²) in [6, 6.07) is 2.45. The van der Waals surface area contributed by atoms with E-state index >= 15 is 0 Å². The molecule has 1 aromatic rings. The molecule has 0 saturated heterocycles. The van der Waals surface area contributed by atoms with E-state index in [9.17, 15) is 0 Å². The summed E-state index contributed by atoms with van der Waals surface area (Å²) in [7, 11) is 0. The van der Waals surface area contributed by atoms with Gasteiger partial charge in [-0.3, -0.25) is 0 Å². The van der Waals surface area contributed by atoms with Crippen molar-refractivity contribution in [3.63, 3.8) is 0 Å². The number of nitrogens with one attached hydrogen (secondary N) is 1. The molecule has 1 aliphatic carbocycles. The summed E-state index contributed by atoms with van der Waals surface area (Å²) in [6.45, 7) is 3.31. The molecule has 2 heteroatoms. The highest BCUT2D eigenvalue weighted by Crippen LogP contribution is 2.31. The van der Waals surface area contributed by atoms with Gasteiger partial charge in [-0.05, 0) is 31.9 Å². The molecule has 2 rings (SSSR count). The SMILES string of the molecule is CC(NCCC1CC1)c1ccoc1. The standard InChI is InChI=1S/C11H17NO/c1-9(11-5-7-13-8-11)12-6-4-10-2-3-10/h5,7-10,12H,2-4,6H2,1H3. The van der Waals surface area contributed by atoms with E-state index in [-0.39, 0.29) is 0 Å². The molecule has 1 saturated carbocycles. The van der Waals surface area contributed by atoms with E-state index in [0.717, 1.165) is 12.5 Å². The number of hydrogen-bond acceptors (Lipinski definition) is 2. The molecule has 0 bridgehead atoms. The van der Waals surface area contributed by atoms with Crippen molar-refractivity contribution < 1.29 is 4.42 Å². The number of rotatable bonds is 5. The van der Waals surface area contributed by atoms with Crippen LogP contribution in [-0.4, -0.2) is 6.54 Å². The molecule has 1 N–H and O–H groups in total. The molecule has 1 aromatic heterocycles. The maximum atomic E-state index is 5.04. The van der Waals surface area contributed by atoms with Gasteiger partial charge < -0.3 is 9.73 Å². The third-order valence-electron chi connectivity index (χ3n) is 2.74. The van der Waals surface area contributed by atoms with E-state index in [0.29, 0.717) is 6.04 Å². The van der Waals surface area contributed by atoms with Gasteiger partial charge in [-0.25, -0.2) is 0 Å². The lowest BCUT2D eigenvalue weighted by Crippen LogP contribution is -2.19. The van der Waals surface area contributed by atoms with Gasteiger partial charge in [0, 0.05) is 11.6 Å². The molecule has 1 atom stereocenters. The van der Waals surface area contributed by atoms with Crippen LogP contribution in [0.2, 0.25) is 0 Å². The van der Waals surface area contributed by atoms with Crippen LogP contribution in [0.25, 0.3) is 0 Å². The highest BCUT2D eigenvalue weighted by molar-refractivity contribution is 5.10. The minimum atomic E-state index is 0.428. The summed E-state index contributed by atoms with van der Waals surface area (Å²) in [6.07, 6.45) is 7.77. The fourth-order valence-electron chi connectivity index (χ4n) is 1.55. The van der Waals surface area contributed by atoms with E-state index in [1.165, 1.54) is 24.8 Å². The Bertz CT molecular complexity index is 239. The first-order valence-electron chi connectivity index (χ1n) is 5.12. The Balaban J connectivity index is 1.68. The van der Waals surface area contributed by atoms with Crippen LogP contribution >= 0.6 is 0 Å². The van der Waals surface area contributed by atoms with Crippen LogP contribution in [0.4, 0.5) is 0 Å². The first kappa shape index (κ1) is 8.82. The van der Waals surface area contributed by atoms with Crippen molar-refractivity contribution in [1.82, 2.24) is 5.32 Å². The smallest absolute Gasteiger partial charge is 0.0950 e. The van der Waals surface area contributed by atoms with E-state index in [1.54, 1.807) is 6.26 Å². The quantitative estimate of drug-likeness (QED) is 0.751. The highest BCUT2D eigenvalue weighted by Gasteiger charge is 2.20. The van der Waals surface area contributed by atoms with Crippen molar-refractivity contribution in [3.8, 4) is 0 Å². The lowest BCUT2D eigenvalue weighted by Gasteiger charge is -2.10. The number of furan rings is 1. The lowest BCUT2D eigenvalue weighted by atomic mass is 10.2. The summed E-state index contributed by atoms with van der Waals surface area (Å²) in [4.78, 5) is 0. The Morgan fingerprint density at radius 2 is 2.46 bits per heavy atom. The van der Waals surface area contributed by atoms with Crippen molar-refractivity contribution in [2.75, 3.05) is 6.54 Å². The second kappa shape index (κ2) is 3.97. The van der Waals surface area contributed by atoms with Gasteiger partial charge >= 0.3 is 0 Å². The molecule has 72 valence electrons. The third-order valence-corrected chi connectivity index (χ3v) is 2.74. The summed E-state index contributed by atoms with van der Waals surface area (Å²) in [5, 5.41) is 3.50. The van der Waals surface area contributed by atoms with Gasteiger partial charge in [-0.15, -0.1) is 0 Å². The average molecular weight is 179 g/mol. The minimum Gasteiger partial charge on any atom is -0.472 e. The van der Waals surface area contributed by atoms with Gasteiger partial charge in [0.05, 0.1) is 12.5 Å². The summed E-state index contributed by atoms with van der Waals surface area (Å²) in [5.74, 6) is 1.02. The van der Waals surface area contributed by atoms with Gasteiger partial charge in [-0.1, -0.05) is 12.8 Å². The van der Waals surface area contributed by atoms with Crippen LogP contribution in [0.5, 0.6) is 0 Å². The third kappa shape index (κ3) is 2.59. The molecule has 1 aliphatic rings. The number of hydrogen-bond donors (Lipinski definition) is 1. The fourth-order valence-corrected chi connectivity index (χ4v) is 1.55. The lowest BCUT2D eigenvalue weighted by molar-refractivity contribution is 0.523. The Morgan fingerprint density at radius 1 is 1.62 bits per heavy atom. The maximum Gasteiger partial charge on any atom is 0.0950 e. The van der Waals surface area contributed by atoms with Gasteiger partial charge in [0.1, 0.15) is 0 Å². The first-order chi connectivity index (χ1) is 6.36. The zero-order valence-electron chi connectivity index (χ0n) is 8.12. The topological polar surface area (TPSA) is 25.2 Å². The zero-order valence-corrected chi connectivity index (χ0v) is 8.12. The van der Waals surface area contributed by atoms with E-state index in [1.807, 2.05) is 12.3 Å². The second-order valence-electron chi connectivity index (χ2n) is 3.96. The van der Waals surface area contributed by atoms with E-state index < -0.39 is 0 Å². The molecule has 1 heterocycles. The van der Waals surface area contributed by atoms with Crippen molar-refractivity contribution in [1.29, 1.82) is 0 Å². The molecule has 0 spiro atoms. The van der Waals surface area contributed by atoms with Gasteiger partial charge in [-0.2, -0.15) is 0 Å². The maximum absolute atomic E-state index is 5.04. The molecular formula is C11H17NO. The molecule has 0 aromatic carbocycles. The highest BCUT2D eigenvalue weighted by atomic mass is 16.3. The summed E-state index contributed by atoms with van der Waals surface area (Å²) in [5.41, 5.74) is 1.25. The van der Waals surface area contributed by atoms with Crippen molar-refractivity contribution >= 4 is 0 Å². The molecule has 1 fully saturated rings. The summed E-state index contributed by atoms with van der Waals surface area (Å²) < 4.78 is 5.04. The molecule has 0 aliphatic heterocycles.